The second kappa shape index (κ2) is 6.94. The second-order valence-electron chi connectivity index (χ2n) is 7.33. The Morgan fingerprint density at radius 3 is 2.25 bits per heavy atom. The first kappa shape index (κ1) is 19.1. The van der Waals surface area contributed by atoms with Gasteiger partial charge >= 0.3 is 0 Å². The van der Waals surface area contributed by atoms with Gasteiger partial charge in [0.25, 0.3) is 0 Å². The highest BCUT2D eigenvalue weighted by molar-refractivity contribution is 7.90. The molecule has 6 heteroatoms. The number of nitrogens with zero attached hydrogens (tertiary/aromatic N) is 2. The average Bonchev–Trinajstić information content (AvgIpc) is 2.94. The van der Waals surface area contributed by atoms with E-state index in [2.05, 4.69) is 45.0 Å². The molecule has 0 aliphatic heterocycles. The van der Waals surface area contributed by atoms with Gasteiger partial charge in [-0.15, -0.1) is 11.3 Å². The predicted molar refractivity (Wildman–Crippen MR) is 100 cm³/mol. The van der Waals surface area contributed by atoms with Crippen LogP contribution >= 0.6 is 11.3 Å². The Morgan fingerprint density at radius 1 is 1.21 bits per heavy atom. The van der Waals surface area contributed by atoms with Gasteiger partial charge in [-0.3, -0.25) is 4.90 Å². The van der Waals surface area contributed by atoms with E-state index in [4.69, 9.17) is 4.98 Å². The lowest BCUT2D eigenvalue weighted by Crippen LogP contribution is -2.22. The van der Waals surface area contributed by atoms with E-state index < -0.39 is 9.84 Å². The summed E-state index contributed by atoms with van der Waals surface area (Å²) in [7, 11) is -1.09. The van der Waals surface area contributed by atoms with Gasteiger partial charge in [0.05, 0.1) is 15.6 Å². The molecule has 1 aromatic heterocycles. The molecule has 1 unspecified atom stereocenters. The number of aromatic nitrogens is 1. The van der Waals surface area contributed by atoms with Crippen molar-refractivity contribution in [2.45, 2.75) is 50.6 Å². The van der Waals surface area contributed by atoms with Crippen LogP contribution in [0, 0.1) is 0 Å². The first-order valence-electron chi connectivity index (χ1n) is 7.93. The minimum absolute atomic E-state index is 0.0780. The summed E-state index contributed by atoms with van der Waals surface area (Å²) < 4.78 is 23.1. The van der Waals surface area contributed by atoms with Crippen LogP contribution in [0.5, 0.6) is 0 Å². The van der Waals surface area contributed by atoms with E-state index in [0.717, 1.165) is 22.8 Å². The van der Waals surface area contributed by atoms with Crippen molar-refractivity contribution in [3.8, 4) is 0 Å². The van der Waals surface area contributed by atoms with E-state index in [-0.39, 0.29) is 11.5 Å². The lowest BCUT2D eigenvalue weighted by molar-refractivity contribution is 0.250. The van der Waals surface area contributed by atoms with Gasteiger partial charge in [0.2, 0.25) is 0 Å². The van der Waals surface area contributed by atoms with Gasteiger partial charge in [-0.25, -0.2) is 13.4 Å². The average molecular weight is 367 g/mol. The molecule has 1 heterocycles. The van der Waals surface area contributed by atoms with Crippen molar-refractivity contribution < 1.29 is 8.42 Å². The molecule has 0 radical (unpaired) electrons. The highest BCUT2D eigenvalue weighted by atomic mass is 32.2. The first-order valence-corrected chi connectivity index (χ1v) is 10.7. The van der Waals surface area contributed by atoms with Crippen LogP contribution in [-0.2, 0) is 21.8 Å². The summed E-state index contributed by atoms with van der Waals surface area (Å²) in [6, 6.07) is 7.31. The Balaban J connectivity index is 2.09. The van der Waals surface area contributed by atoms with E-state index in [1.54, 1.807) is 23.5 Å². The quantitative estimate of drug-likeness (QED) is 0.801. The smallest absolute Gasteiger partial charge is 0.175 e. The van der Waals surface area contributed by atoms with Crippen LogP contribution in [0.1, 0.15) is 50.0 Å². The molecule has 0 saturated carbocycles. The maximum Gasteiger partial charge on any atom is 0.175 e. The van der Waals surface area contributed by atoms with Crippen LogP contribution in [0.3, 0.4) is 0 Å². The molecule has 24 heavy (non-hydrogen) atoms. The van der Waals surface area contributed by atoms with Gasteiger partial charge in [0.15, 0.2) is 9.84 Å². The molecule has 132 valence electrons. The third-order valence-corrected chi connectivity index (χ3v) is 6.50. The number of hydrogen-bond donors (Lipinski definition) is 0. The monoisotopic (exact) mass is 366 g/mol. The topological polar surface area (TPSA) is 50.3 Å². The minimum atomic E-state index is -3.15. The third kappa shape index (κ3) is 4.65. The molecule has 0 amide bonds. The zero-order valence-electron chi connectivity index (χ0n) is 15.2. The first-order chi connectivity index (χ1) is 11.0. The number of thiazole rings is 1. The second-order valence-corrected chi connectivity index (χ2v) is 10.2. The highest BCUT2D eigenvalue weighted by Gasteiger charge is 2.19. The van der Waals surface area contributed by atoms with E-state index in [0.29, 0.717) is 4.90 Å². The van der Waals surface area contributed by atoms with Gasteiger partial charge in [0.1, 0.15) is 0 Å². The minimum Gasteiger partial charge on any atom is -0.294 e. The van der Waals surface area contributed by atoms with Crippen molar-refractivity contribution in [2.24, 2.45) is 0 Å². The van der Waals surface area contributed by atoms with E-state index in [1.807, 2.05) is 12.1 Å². The van der Waals surface area contributed by atoms with E-state index in [9.17, 15) is 8.42 Å². The lowest BCUT2D eigenvalue weighted by atomic mass is 9.98. The summed E-state index contributed by atoms with van der Waals surface area (Å²) >= 11 is 1.71. The molecule has 1 atom stereocenters. The zero-order valence-corrected chi connectivity index (χ0v) is 16.8. The Kier molecular flexibility index (Phi) is 5.52. The lowest BCUT2D eigenvalue weighted by Gasteiger charge is -2.24. The van der Waals surface area contributed by atoms with Gasteiger partial charge in [-0.2, -0.15) is 0 Å². The standard InChI is InChI=1S/C18H26N2O2S2/c1-13(14-7-9-16(10-8-14)24(6,21)22)20(5)11-15-12-23-17(19-15)18(2,3)4/h7-10,12-13H,11H2,1-6H3. The normalized spacial score (nSPS) is 14.1. The SMILES string of the molecule is CC(c1ccc(S(C)(=O)=O)cc1)N(C)Cc1csc(C(C)(C)C)n1. The summed E-state index contributed by atoms with van der Waals surface area (Å²) in [5, 5.41) is 3.27. The molecule has 1 aromatic carbocycles. The molecule has 4 nitrogen and oxygen atoms in total. The molecule has 0 aliphatic carbocycles. The zero-order chi connectivity index (χ0) is 18.1. The van der Waals surface area contributed by atoms with Crippen LogP contribution in [0.25, 0.3) is 0 Å². The van der Waals surface area contributed by atoms with Crippen molar-refractivity contribution in [1.29, 1.82) is 0 Å². The Bertz CT molecular complexity index is 787. The maximum atomic E-state index is 11.6. The summed E-state index contributed by atoms with van der Waals surface area (Å²) in [5.74, 6) is 0. The molecule has 0 bridgehead atoms. The summed E-state index contributed by atoms with van der Waals surface area (Å²) in [4.78, 5) is 7.32. The van der Waals surface area contributed by atoms with Crippen LogP contribution in [0.2, 0.25) is 0 Å². The Labute approximate surface area is 149 Å². The fraction of sp³-hybridized carbons (Fsp3) is 0.500. The number of benzene rings is 1. The molecule has 0 N–H and O–H groups in total. The number of rotatable bonds is 5. The summed E-state index contributed by atoms with van der Waals surface area (Å²) in [6.07, 6.45) is 1.23. The van der Waals surface area contributed by atoms with Crippen LogP contribution in [-0.4, -0.2) is 31.6 Å². The fourth-order valence-electron chi connectivity index (χ4n) is 2.36. The Hall–Kier alpha value is -1.24. The summed E-state index contributed by atoms with van der Waals surface area (Å²) in [5.41, 5.74) is 2.25. The van der Waals surface area contributed by atoms with Crippen molar-refractivity contribution in [3.63, 3.8) is 0 Å². The van der Waals surface area contributed by atoms with Crippen LogP contribution < -0.4 is 0 Å². The molecule has 2 rings (SSSR count). The molecular weight excluding hydrogens is 340 g/mol. The van der Waals surface area contributed by atoms with Crippen molar-refractivity contribution in [2.75, 3.05) is 13.3 Å². The Morgan fingerprint density at radius 2 is 1.79 bits per heavy atom. The molecule has 0 fully saturated rings. The highest BCUT2D eigenvalue weighted by Crippen LogP contribution is 2.27. The molecular formula is C18H26N2O2S2. The molecule has 0 saturated heterocycles. The van der Waals surface area contributed by atoms with Gasteiger partial charge in [0, 0.05) is 29.6 Å². The number of hydrogen-bond acceptors (Lipinski definition) is 5. The maximum absolute atomic E-state index is 11.6. The van der Waals surface area contributed by atoms with Gasteiger partial charge in [-0.1, -0.05) is 32.9 Å². The van der Waals surface area contributed by atoms with Crippen molar-refractivity contribution in [1.82, 2.24) is 9.88 Å². The molecule has 0 spiro atoms. The largest absolute Gasteiger partial charge is 0.294 e. The van der Waals surface area contributed by atoms with Crippen molar-refractivity contribution >= 4 is 21.2 Å². The van der Waals surface area contributed by atoms with Crippen LogP contribution in [0.4, 0.5) is 0 Å². The summed E-state index contributed by atoms with van der Waals surface area (Å²) in [6.45, 7) is 9.40. The van der Waals surface area contributed by atoms with E-state index >= 15 is 0 Å². The molecule has 2 aromatic rings. The predicted octanol–water partition coefficient (Wildman–Crippen LogP) is 4.04. The molecule has 0 aliphatic rings. The number of sulfone groups is 1. The van der Waals surface area contributed by atoms with Gasteiger partial charge < -0.3 is 0 Å². The van der Waals surface area contributed by atoms with Crippen LogP contribution in [0.15, 0.2) is 34.5 Å². The fourth-order valence-corrected chi connectivity index (χ4v) is 3.89. The third-order valence-electron chi connectivity index (χ3n) is 4.06. The van der Waals surface area contributed by atoms with Crippen molar-refractivity contribution in [3.05, 3.63) is 45.9 Å². The van der Waals surface area contributed by atoms with E-state index in [1.165, 1.54) is 6.26 Å². The van der Waals surface area contributed by atoms with Gasteiger partial charge in [-0.05, 0) is 31.7 Å².